The Bertz CT molecular complexity index is 560. The number of hydrogen-bond acceptors (Lipinski definition) is 6. The van der Waals surface area contributed by atoms with Crippen LogP contribution in [0, 0.1) is 0 Å². The molecule has 0 N–H and O–H groups in total. The number of nitrogens with zero attached hydrogens (tertiary/aromatic N) is 4. The van der Waals surface area contributed by atoms with Crippen molar-refractivity contribution in [1.29, 1.82) is 0 Å². The minimum Gasteiger partial charge on any atom is -0.308 e. The first-order valence-electron chi connectivity index (χ1n) is 7.38. The van der Waals surface area contributed by atoms with Gasteiger partial charge in [-0.05, 0) is 62.1 Å². The summed E-state index contributed by atoms with van der Waals surface area (Å²) in [7, 11) is -3.16. The van der Waals surface area contributed by atoms with Gasteiger partial charge >= 0.3 is 7.60 Å². The maximum absolute atomic E-state index is 13.0. The summed E-state index contributed by atoms with van der Waals surface area (Å²) in [5.74, 6) is 0.744. The van der Waals surface area contributed by atoms with E-state index in [-0.39, 0.29) is 5.66 Å². The van der Waals surface area contributed by atoms with E-state index in [1.807, 2.05) is 27.7 Å². The summed E-state index contributed by atoms with van der Waals surface area (Å²) in [5, 5.41) is 11.8. The van der Waals surface area contributed by atoms with E-state index in [0.717, 1.165) is 36.4 Å². The summed E-state index contributed by atoms with van der Waals surface area (Å²) in [6, 6.07) is 0. The first-order chi connectivity index (χ1) is 10.0. The third kappa shape index (κ3) is 3.25. The first kappa shape index (κ1) is 16.3. The molecule has 0 radical (unpaired) electrons. The van der Waals surface area contributed by atoms with Crippen LogP contribution in [0.2, 0.25) is 0 Å². The highest BCUT2D eigenvalue weighted by atomic mass is 31.2. The van der Waals surface area contributed by atoms with Gasteiger partial charge in [0.05, 0.1) is 18.9 Å². The Labute approximate surface area is 125 Å². The molecule has 1 atom stereocenters. The molecule has 0 spiro atoms. The second-order valence-corrected chi connectivity index (χ2v) is 7.40. The summed E-state index contributed by atoms with van der Waals surface area (Å²) < 4.78 is 25.7. The molecule has 0 aromatic carbocycles. The average molecular weight is 314 g/mol. The monoisotopic (exact) mass is 314 g/mol. The highest BCUT2D eigenvalue weighted by Crippen LogP contribution is 2.56. The van der Waals surface area contributed by atoms with E-state index in [1.54, 1.807) is 4.68 Å². The largest absolute Gasteiger partial charge is 0.337 e. The lowest BCUT2D eigenvalue weighted by atomic mass is 10.0. The molecule has 0 saturated carbocycles. The van der Waals surface area contributed by atoms with Gasteiger partial charge in [-0.15, -0.1) is 5.10 Å². The zero-order chi connectivity index (χ0) is 15.5. The number of fused-ring (bicyclic) bond motifs is 1. The van der Waals surface area contributed by atoms with Gasteiger partial charge in [0.25, 0.3) is 0 Å². The summed E-state index contributed by atoms with van der Waals surface area (Å²) in [4.78, 5) is 0. The molecule has 7 nitrogen and oxygen atoms in total. The topological polar surface area (TPSA) is 79.1 Å². The van der Waals surface area contributed by atoms with Crippen LogP contribution < -0.4 is 0 Å². The van der Waals surface area contributed by atoms with E-state index in [0.29, 0.717) is 13.2 Å². The third-order valence-corrected chi connectivity index (χ3v) is 6.26. The summed E-state index contributed by atoms with van der Waals surface area (Å²) in [5.41, 5.74) is 1.75. The lowest BCUT2D eigenvalue weighted by Crippen LogP contribution is -2.14. The highest BCUT2D eigenvalue weighted by molar-refractivity contribution is 7.54. The molecule has 1 aliphatic heterocycles. The maximum Gasteiger partial charge on any atom is 0.337 e. The molecular formula is C13H23N4O3P. The van der Waals surface area contributed by atoms with Crippen LogP contribution in [0.1, 0.15) is 46.4 Å². The van der Waals surface area contributed by atoms with Gasteiger partial charge in [0, 0.05) is 6.54 Å². The Morgan fingerprint density at radius 2 is 2.00 bits per heavy atom. The van der Waals surface area contributed by atoms with Crippen molar-refractivity contribution in [2.45, 2.75) is 52.7 Å². The van der Waals surface area contributed by atoms with Gasteiger partial charge in [0.15, 0.2) is 5.82 Å². The lowest BCUT2D eigenvalue weighted by molar-refractivity contribution is 0.215. The zero-order valence-electron chi connectivity index (χ0n) is 13.1. The predicted molar refractivity (Wildman–Crippen MR) is 80.0 cm³/mol. The zero-order valence-corrected chi connectivity index (χ0v) is 14.0. The van der Waals surface area contributed by atoms with E-state index in [9.17, 15) is 4.57 Å². The Morgan fingerprint density at radius 1 is 1.33 bits per heavy atom. The van der Waals surface area contributed by atoms with Crippen molar-refractivity contribution in [3.8, 4) is 0 Å². The van der Waals surface area contributed by atoms with Crippen molar-refractivity contribution in [3.63, 3.8) is 0 Å². The van der Waals surface area contributed by atoms with E-state index in [2.05, 4.69) is 15.5 Å². The number of hydrogen-bond donors (Lipinski definition) is 0. The van der Waals surface area contributed by atoms with Crippen molar-refractivity contribution >= 4 is 13.2 Å². The lowest BCUT2D eigenvalue weighted by Gasteiger charge is -2.26. The molecule has 21 heavy (non-hydrogen) atoms. The Kier molecular flexibility index (Phi) is 5.30. The Hall–Kier alpha value is -1.04. The SMILES string of the molecule is CCOP(=O)(OCC)C(C)C1=C(C)c2nnnn2CCC1. The molecule has 2 rings (SSSR count). The molecule has 1 aromatic rings. The van der Waals surface area contributed by atoms with Crippen LogP contribution in [0.4, 0.5) is 0 Å². The average Bonchev–Trinajstić information content (AvgIpc) is 2.85. The molecule has 2 heterocycles. The van der Waals surface area contributed by atoms with Crippen LogP contribution in [-0.4, -0.2) is 39.1 Å². The molecule has 1 aliphatic rings. The van der Waals surface area contributed by atoms with Gasteiger partial charge < -0.3 is 9.05 Å². The molecule has 0 bridgehead atoms. The standard InChI is InChI=1S/C13H23N4O3P/c1-5-19-21(18,20-6-2)11(4)12-8-7-9-17-13(10(12)3)14-15-16-17/h11H,5-9H2,1-4H3. The minimum absolute atomic E-state index is 0.291. The highest BCUT2D eigenvalue weighted by Gasteiger charge is 2.36. The molecule has 0 aliphatic carbocycles. The molecule has 0 saturated heterocycles. The number of aromatic nitrogens is 4. The molecule has 1 aromatic heterocycles. The Morgan fingerprint density at radius 3 is 2.62 bits per heavy atom. The molecule has 0 fully saturated rings. The third-order valence-electron chi connectivity index (χ3n) is 3.76. The van der Waals surface area contributed by atoms with E-state index < -0.39 is 7.60 Å². The van der Waals surface area contributed by atoms with Crippen LogP contribution in [0.3, 0.4) is 0 Å². The van der Waals surface area contributed by atoms with Gasteiger partial charge in [-0.25, -0.2) is 4.68 Å². The van der Waals surface area contributed by atoms with Crippen molar-refractivity contribution in [2.75, 3.05) is 13.2 Å². The van der Waals surface area contributed by atoms with E-state index in [4.69, 9.17) is 9.05 Å². The minimum atomic E-state index is -3.16. The van der Waals surface area contributed by atoms with Crippen LogP contribution in [0.25, 0.3) is 5.57 Å². The normalized spacial score (nSPS) is 17.5. The van der Waals surface area contributed by atoms with Crippen molar-refractivity contribution < 1.29 is 13.6 Å². The van der Waals surface area contributed by atoms with Crippen LogP contribution >= 0.6 is 7.60 Å². The fraction of sp³-hybridized carbons (Fsp3) is 0.769. The maximum atomic E-state index is 13.0. The predicted octanol–water partition coefficient (Wildman–Crippen LogP) is 2.90. The van der Waals surface area contributed by atoms with Gasteiger partial charge in [-0.1, -0.05) is 0 Å². The molecule has 0 amide bonds. The van der Waals surface area contributed by atoms with Gasteiger partial charge in [0.1, 0.15) is 0 Å². The number of allylic oxidation sites excluding steroid dienone is 2. The first-order valence-corrected chi connectivity index (χ1v) is 8.99. The van der Waals surface area contributed by atoms with Crippen molar-refractivity contribution in [2.24, 2.45) is 0 Å². The smallest absolute Gasteiger partial charge is 0.308 e. The molecule has 8 heteroatoms. The van der Waals surface area contributed by atoms with Gasteiger partial charge in [0.2, 0.25) is 0 Å². The number of rotatable bonds is 6. The van der Waals surface area contributed by atoms with E-state index in [1.165, 1.54) is 0 Å². The van der Waals surface area contributed by atoms with Crippen LogP contribution in [0.15, 0.2) is 5.57 Å². The fourth-order valence-electron chi connectivity index (χ4n) is 2.71. The second-order valence-electron chi connectivity index (χ2n) is 5.03. The summed E-state index contributed by atoms with van der Waals surface area (Å²) in [6.45, 7) is 9.04. The Balaban J connectivity index is 2.39. The summed E-state index contributed by atoms with van der Waals surface area (Å²) in [6.07, 6.45) is 1.75. The summed E-state index contributed by atoms with van der Waals surface area (Å²) >= 11 is 0. The van der Waals surface area contributed by atoms with Crippen molar-refractivity contribution in [1.82, 2.24) is 20.2 Å². The van der Waals surface area contributed by atoms with Crippen LogP contribution in [-0.2, 0) is 20.2 Å². The quantitative estimate of drug-likeness (QED) is 0.751. The molecular weight excluding hydrogens is 291 g/mol. The fourth-order valence-corrected chi connectivity index (χ4v) is 4.65. The number of aryl methyl sites for hydroxylation is 1. The van der Waals surface area contributed by atoms with E-state index >= 15 is 0 Å². The van der Waals surface area contributed by atoms with Crippen LogP contribution in [0.5, 0.6) is 0 Å². The van der Waals surface area contributed by atoms with Gasteiger partial charge in [-0.3, -0.25) is 4.57 Å². The number of tetrazole rings is 1. The van der Waals surface area contributed by atoms with Gasteiger partial charge in [-0.2, -0.15) is 0 Å². The van der Waals surface area contributed by atoms with Crippen molar-refractivity contribution in [3.05, 3.63) is 11.4 Å². The second kappa shape index (κ2) is 6.81. The molecule has 1 unspecified atom stereocenters. The molecule has 118 valence electrons.